The molecule has 0 bridgehead atoms. The van der Waals surface area contributed by atoms with Crippen molar-refractivity contribution in [2.24, 2.45) is 10.7 Å². The van der Waals surface area contributed by atoms with Crippen LogP contribution in [0.15, 0.2) is 47.5 Å². The fourth-order valence-electron chi connectivity index (χ4n) is 3.20. The molecule has 1 fully saturated rings. The molecule has 2 aromatic rings. The Morgan fingerprint density at radius 3 is 2.90 bits per heavy atom. The minimum absolute atomic E-state index is 0.183. The average Bonchev–Trinajstić information content (AvgIpc) is 3.41. The maximum Gasteiger partial charge on any atom is 0.508 e. The van der Waals surface area contributed by atoms with E-state index in [1.807, 2.05) is 30.3 Å². The minimum atomic E-state index is -1.23. The maximum absolute atomic E-state index is 11.9. The molecule has 0 spiro atoms. The lowest BCUT2D eigenvalue weighted by Crippen LogP contribution is -2.33. The number of rotatable bonds is 8. The van der Waals surface area contributed by atoms with Gasteiger partial charge in [0.05, 0.1) is 18.4 Å². The Labute approximate surface area is 174 Å². The third-order valence-corrected chi connectivity index (χ3v) is 4.79. The zero-order valence-corrected chi connectivity index (χ0v) is 16.3. The molecule has 1 saturated heterocycles. The highest BCUT2D eigenvalue weighted by molar-refractivity contribution is 5.99. The van der Waals surface area contributed by atoms with E-state index in [-0.39, 0.29) is 25.2 Å². The third-order valence-electron chi connectivity index (χ3n) is 4.79. The Bertz CT molecular complexity index is 950. The summed E-state index contributed by atoms with van der Waals surface area (Å²) >= 11 is 0. The zero-order valence-electron chi connectivity index (χ0n) is 16.3. The Hall–Kier alpha value is -3.64. The molecule has 2 atom stereocenters. The Morgan fingerprint density at radius 1 is 1.37 bits per heavy atom. The van der Waals surface area contributed by atoms with Gasteiger partial charge in [-0.2, -0.15) is 5.26 Å². The highest BCUT2D eigenvalue weighted by Gasteiger charge is 2.43. The lowest BCUT2D eigenvalue weighted by Gasteiger charge is -2.21. The van der Waals surface area contributed by atoms with Crippen molar-refractivity contribution >= 4 is 18.3 Å². The standard InChI is InChI=1S/C21H23N5O4/c22-12-21(13-29-20(27)28-11-9-15-4-2-1-3-5-15)10-8-18(30-21)16-6-7-17(26-16)19(24)25-14-23/h1-7,14,18,26H,8-11,13H2,(H3,23,24,25)/t18?,21-/m1/s1. The van der Waals surface area contributed by atoms with Crippen molar-refractivity contribution in [3.05, 3.63) is 59.4 Å². The van der Waals surface area contributed by atoms with Gasteiger partial charge in [0.1, 0.15) is 24.9 Å². The van der Waals surface area contributed by atoms with E-state index in [1.165, 1.54) is 0 Å². The highest BCUT2D eigenvalue weighted by atomic mass is 16.7. The summed E-state index contributed by atoms with van der Waals surface area (Å²) in [6.45, 7) is -0.0228. The molecule has 0 amide bonds. The lowest BCUT2D eigenvalue weighted by atomic mass is 10.0. The van der Waals surface area contributed by atoms with Gasteiger partial charge in [-0.25, -0.2) is 9.79 Å². The summed E-state index contributed by atoms with van der Waals surface area (Å²) < 4.78 is 16.1. The first kappa shape index (κ1) is 21.1. The van der Waals surface area contributed by atoms with Gasteiger partial charge in [-0.1, -0.05) is 30.3 Å². The van der Waals surface area contributed by atoms with Crippen LogP contribution in [0.4, 0.5) is 4.79 Å². The monoisotopic (exact) mass is 409 g/mol. The molecule has 1 aliphatic heterocycles. The van der Waals surface area contributed by atoms with Crippen molar-refractivity contribution in [2.45, 2.75) is 31.0 Å². The molecule has 1 aliphatic rings. The van der Waals surface area contributed by atoms with E-state index in [0.29, 0.717) is 25.0 Å². The summed E-state index contributed by atoms with van der Waals surface area (Å²) in [6, 6.07) is 15.3. The number of aromatic amines is 1. The highest BCUT2D eigenvalue weighted by Crippen LogP contribution is 2.39. The predicted molar refractivity (Wildman–Crippen MR) is 109 cm³/mol. The number of amidine groups is 1. The topological polar surface area (TPSA) is 147 Å². The van der Waals surface area contributed by atoms with Gasteiger partial charge in [-0.15, -0.1) is 0 Å². The number of ether oxygens (including phenoxy) is 3. The van der Waals surface area contributed by atoms with Crippen LogP contribution in [-0.2, 0) is 20.6 Å². The van der Waals surface area contributed by atoms with E-state index in [4.69, 9.17) is 25.4 Å². The summed E-state index contributed by atoms with van der Waals surface area (Å²) in [4.78, 5) is 18.7. The number of carbonyl (C=O) groups is 1. The smallest absolute Gasteiger partial charge is 0.434 e. The van der Waals surface area contributed by atoms with Crippen molar-refractivity contribution < 1.29 is 19.0 Å². The zero-order chi connectivity index (χ0) is 21.4. The van der Waals surface area contributed by atoms with E-state index >= 15 is 0 Å². The van der Waals surface area contributed by atoms with Crippen LogP contribution in [-0.4, -0.2) is 42.1 Å². The van der Waals surface area contributed by atoms with Crippen molar-refractivity contribution in [1.29, 1.82) is 10.7 Å². The summed E-state index contributed by atoms with van der Waals surface area (Å²) in [6.07, 6.45) is 1.22. The summed E-state index contributed by atoms with van der Waals surface area (Å²) in [5, 5.41) is 16.6. The molecule has 30 heavy (non-hydrogen) atoms. The fourth-order valence-corrected chi connectivity index (χ4v) is 3.20. The molecular weight excluding hydrogens is 386 g/mol. The molecular formula is C21H23N5O4. The number of nitriles is 1. The Morgan fingerprint density at radius 2 is 2.17 bits per heavy atom. The molecule has 0 radical (unpaired) electrons. The van der Waals surface area contributed by atoms with E-state index in [2.05, 4.69) is 16.0 Å². The molecule has 9 heteroatoms. The van der Waals surface area contributed by atoms with Crippen LogP contribution >= 0.6 is 0 Å². The molecule has 9 nitrogen and oxygen atoms in total. The first-order chi connectivity index (χ1) is 14.5. The SMILES string of the molecule is N#C[C@@]1(COC(=O)OCCc2ccccc2)CCC(c2ccc(C(N)=NC=N)[nH]2)O1. The van der Waals surface area contributed by atoms with E-state index < -0.39 is 11.8 Å². The molecule has 0 aliphatic carbocycles. The number of hydrogen-bond donors (Lipinski definition) is 3. The lowest BCUT2D eigenvalue weighted by molar-refractivity contribution is -0.0543. The van der Waals surface area contributed by atoms with Crippen LogP contribution < -0.4 is 5.73 Å². The van der Waals surface area contributed by atoms with E-state index in [0.717, 1.165) is 17.6 Å². The number of aromatic nitrogens is 1. The normalized spacial score (nSPS) is 21.0. The molecule has 3 rings (SSSR count). The molecule has 2 heterocycles. The van der Waals surface area contributed by atoms with Crippen LogP contribution in [0.1, 0.15) is 35.9 Å². The van der Waals surface area contributed by atoms with Gasteiger partial charge >= 0.3 is 6.16 Å². The second-order valence-electron chi connectivity index (χ2n) is 6.84. The first-order valence-corrected chi connectivity index (χ1v) is 9.49. The molecule has 0 saturated carbocycles. The van der Waals surface area contributed by atoms with Gasteiger partial charge in [0.2, 0.25) is 0 Å². The Balaban J connectivity index is 1.49. The second kappa shape index (κ2) is 9.71. The number of hydrogen-bond acceptors (Lipinski definition) is 6. The van der Waals surface area contributed by atoms with Crippen molar-refractivity contribution in [1.82, 2.24) is 4.98 Å². The van der Waals surface area contributed by atoms with Gasteiger partial charge in [-0.3, -0.25) is 5.41 Å². The second-order valence-corrected chi connectivity index (χ2v) is 6.84. The van der Waals surface area contributed by atoms with E-state index in [1.54, 1.807) is 12.1 Å². The number of nitrogens with one attached hydrogen (secondary N) is 2. The quantitative estimate of drug-likeness (QED) is 0.347. The Kier molecular flexibility index (Phi) is 6.83. The number of aliphatic imine (C=N–C) groups is 1. The van der Waals surface area contributed by atoms with Crippen molar-refractivity contribution in [2.75, 3.05) is 13.2 Å². The van der Waals surface area contributed by atoms with Gasteiger partial charge in [0.15, 0.2) is 5.60 Å². The fraction of sp³-hybridized carbons (Fsp3) is 0.333. The number of benzene rings is 1. The summed E-state index contributed by atoms with van der Waals surface area (Å²) in [5.41, 5.74) is 6.87. The number of H-pyrrole nitrogens is 1. The minimum Gasteiger partial charge on any atom is -0.434 e. The molecule has 1 unspecified atom stereocenters. The van der Waals surface area contributed by atoms with Crippen LogP contribution in [0.2, 0.25) is 0 Å². The largest absolute Gasteiger partial charge is 0.508 e. The summed E-state index contributed by atoms with van der Waals surface area (Å²) in [7, 11) is 0. The number of carbonyl (C=O) groups excluding carboxylic acids is 1. The first-order valence-electron chi connectivity index (χ1n) is 9.49. The van der Waals surface area contributed by atoms with Crippen molar-refractivity contribution in [3.8, 4) is 6.07 Å². The molecule has 1 aromatic carbocycles. The third kappa shape index (κ3) is 5.24. The van der Waals surface area contributed by atoms with Gasteiger partial charge in [0, 0.05) is 12.1 Å². The molecule has 156 valence electrons. The van der Waals surface area contributed by atoms with Crippen molar-refractivity contribution in [3.63, 3.8) is 0 Å². The predicted octanol–water partition coefficient (Wildman–Crippen LogP) is 2.84. The summed E-state index contributed by atoms with van der Waals surface area (Å²) in [5.74, 6) is 0.183. The number of nitrogens with two attached hydrogens (primary N) is 1. The van der Waals surface area contributed by atoms with Gasteiger partial charge < -0.3 is 24.9 Å². The average molecular weight is 409 g/mol. The van der Waals surface area contributed by atoms with Gasteiger partial charge in [-0.05, 0) is 30.5 Å². The van der Waals surface area contributed by atoms with Crippen LogP contribution in [0, 0.1) is 16.7 Å². The molecule has 4 N–H and O–H groups in total. The van der Waals surface area contributed by atoms with Crippen LogP contribution in [0.3, 0.4) is 0 Å². The maximum atomic E-state index is 11.9. The van der Waals surface area contributed by atoms with Crippen LogP contribution in [0.25, 0.3) is 0 Å². The van der Waals surface area contributed by atoms with Crippen LogP contribution in [0.5, 0.6) is 0 Å². The van der Waals surface area contributed by atoms with E-state index in [9.17, 15) is 10.1 Å². The number of nitrogens with zero attached hydrogens (tertiary/aromatic N) is 2. The molecule has 1 aromatic heterocycles. The van der Waals surface area contributed by atoms with Gasteiger partial charge in [0.25, 0.3) is 0 Å².